The second-order valence-electron chi connectivity index (χ2n) is 6.89. The third-order valence-electron chi connectivity index (χ3n) is 4.87. The molecule has 11 heteroatoms. The van der Waals surface area contributed by atoms with Crippen LogP contribution in [-0.2, 0) is 24.2 Å². The minimum Gasteiger partial charge on any atom is -0.544 e. The normalized spacial score (nSPS) is 12.5. The molecule has 155 valence electrons. The van der Waals surface area contributed by atoms with Crippen molar-refractivity contribution >= 4 is 36.1 Å². The van der Waals surface area contributed by atoms with Gasteiger partial charge in [0, 0.05) is 17.7 Å². The number of ether oxygens (including phenoxy) is 1. The van der Waals surface area contributed by atoms with Crippen LogP contribution >= 0.6 is 24.4 Å². The molecule has 0 saturated carbocycles. The van der Waals surface area contributed by atoms with E-state index in [1.54, 1.807) is 15.3 Å². The summed E-state index contributed by atoms with van der Waals surface area (Å²) in [5.41, 5.74) is 3.76. The Kier molecular flexibility index (Phi) is 8.62. The van der Waals surface area contributed by atoms with Crippen molar-refractivity contribution < 1.29 is 70.6 Å². The average molecular weight is 482 g/mol. The second-order valence-corrected chi connectivity index (χ2v) is 7.66. The first-order chi connectivity index (χ1) is 14.5. The molecule has 0 amide bonds. The van der Waals surface area contributed by atoms with Crippen LogP contribution in [-0.4, -0.2) is 27.5 Å². The standard InChI is InChI=1S/C20H20N5O3S2.K/c26-18(27)11-24-10-16(8-13-4-1-2-7-17(13)24)28-12-21-14-5-3-6-15(9-14)25-19(29)22-23-20(25)30;/h2-3,5-6,8-10,21H,1,4,7,11-12H2,(H2-,22,23,26,27,29,30);/q;+1. The third-order valence-corrected chi connectivity index (χ3v) is 5.44. The third kappa shape index (κ3) is 5.92. The van der Waals surface area contributed by atoms with Gasteiger partial charge in [0.25, 0.3) is 0 Å². The van der Waals surface area contributed by atoms with Crippen LogP contribution in [0, 0.1) is 16.0 Å². The zero-order chi connectivity index (χ0) is 21.1. The van der Waals surface area contributed by atoms with Gasteiger partial charge in [-0.2, -0.15) is 4.57 Å². The smallest absolute Gasteiger partial charge is 0.544 e. The molecule has 3 aromatic rings. The number of carboxylic acids is 1. The minimum absolute atomic E-state index is 0. The zero-order valence-electron chi connectivity index (χ0n) is 17.0. The summed E-state index contributed by atoms with van der Waals surface area (Å²) in [6, 6.07) is 9.60. The van der Waals surface area contributed by atoms with E-state index >= 15 is 0 Å². The van der Waals surface area contributed by atoms with Crippen molar-refractivity contribution in [3.8, 4) is 11.4 Å². The van der Waals surface area contributed by atoms with E-state index < -0.39 is 5.97 Å². The molecule has 3 N–H and O–H groups in total. The van der Waals surface area contributed by atoms with Crippen LogP contribution in [0.4, 0.5) is 5.69 Å². The summed E-state index contributed by atoms with van der Waals surface area (Å²) in [6.45, 7) is 0.0195. The predicted octanol–water partition coefficient (Wildman–Crippen LogP) is -1.22. The Morgan fingerprint density at radius 1 is 1.26 bits per heavy atom. The average Bonchev–Trinajstić information content (AvgIpc) is 3.06. The van der Waals surface area contributed by atoms with Crippen LogP contribution in [0.2, 0.25) is 0 Å². The Labute approximate surface area is 232 Å². The number of aromatic nitrogens is 4. The van der Waals surface area contributed by atoms with Crippen LogP contribution in [0.1, 0.15) is 17.7 Å². The number of H-pyrrole nitrogens is 2. The van der Waals surface area contributed by atoms with Gasteiger partial charge in [-0.3, -0.25) is 14.8 Å². The van der Waals surface area contributed by atoms with Crippen LogP contribution in [0.25, 0.3) is 5.69 Å². The van der Waals surface area contributed by atoms with Gasteiger partial charge in [-0.25, -0.2) is 0 Å². The molecule has 1 aliphatic carbocycles. The van der Waals surface area contributed by atoms with Gasteiger partial charge < -0.3 is 20.0 Å². The van der Waals surface area contributed by atoms with Gasteiger partial charge in [-0.05, 0) is 68.0 Å². The van der Waals surface area contributed by atoms with Crippen molar-refractivity contribution in [2.45, 2.75) is 25.8 Å². The summed E-state index contributed by atoms with van der Waals surface area (Å²) >= 11 is 10.5. The van der Waals surface area contributed by atoms with E-state index in [0.29, 0.717) is 15.3 Å². The fourth-order valence-electron chi connectivity index (χ4n) is 3.53. The topological polar surface area (TPSA) is 102 Å². The first-order valence-corrected chi connectivity index (χ1v) is 10.3. The maximum atomic E-state index is 11.1. The number of hydrogen-bond acceptors (Lipinski definition) is 6. The first-order valence-electron chi connectivity index (χ1n) is 9.45. The van der Waals surface area contributed by atoms with E-state index in [1.165, 1.54) is 0 Å². The number of nitrogens with zero attached hydrogens (tertiary/aromatic N) is 2. The number of carboxylic acid groups (broad SMARTS) is 1. The molecule has 1 radical (unpaired) electrons. The summed E-state index contributed by atoms with van der Waals surface area (Å²) in [4.78, 5) is 11.1. The van der Waals surface area contributed by atoms with Crippen molar-refractivity contribution in [3.63, 3.8) is 0 Å². The molecule has 0 saturated heterocycles. The second kappa shape index (κ2) is 11.0. The molecule has 0 aliphatic heterocycles. The Hall–Kier alpha value is -1.34. The van der Waals surface area contributed by atoms with Gasteiger partial charge in [0.2, 0.25) is 6.20 Å². The number of benzene rings is 1. The number of hydrogen-bond donors (Lipinski definition) is 3. The molecular formula is C20H20KN5O3S2+. The number of carbonyl (C=O) groups is 1. The largest absolute Gasteiger partial charge is 1.00 e. The molecule has 0 unspecified atom stereocenters. The Morgan fingerprint density at radius 3 is 2.77 bits per heavy atom. The van der Waals surface area contributed by atoms with Crippen LogP contribution in [0.15, 0.2) is 36.5 Å². The van der Waals surface area contributed by atoms with Crippen molar-refractivity contribution in [1.29, 1.82) is 0 Å². The van der Waals surface area contributed by atoms with E-state index in [4.69, 9.17) is 29.2 Å². The molecule has 4 rings (SSSR count). The van der Waals surface area contributed by atoms with E-state index in [-0.39, 0.29) is 64.7 Å². The predicted molar refractivity (Wildman–Crippen MR) is 113 cm³/mol. The quantitative estimate of drug-likeness (QED) is 0.169. The number of rotatable bonds is 7. The summed E-state index contributed by atoms with van der Waals surface area (Å²) in [5.74, 6) is -0.516. The molecule has 0 atom stereocenters. The molecule has 2 aromatic heterocycles. The van der Waals surface area contributed by atoms with Crippen molar-refractivity contribution in [1.82, 2.24) is 14.8 Å². The molecule has 8 nitrogen and oxygen atoms in total. The summed E-state index contributed by atoms with van der Waals surface area (Å²) in [5, 5.41) is 20.0. The Bertz CT molecular complexity index is 1180. The number of fused-ring (bicyclic) bond motifs is 1. The zero-order valence-corrected chi connectivity index (χ0v) is 21.8. The summed E-state index contributed by atoms with van der Waals surface area (Å²) in [6.07, 6.45) is 6.46. The molecule has 1 aliphatic rings. The monoisotopic (exact) mass is 481 g/mol. The number of pyridine rings is 1. The van der Waals surface area contributed by atoms with Gasteiger partial charge >= 0.3 is 51.4 Å². The molecule has 0 fully saturated rings. The number of aromatic amines is 2. The summed E-state index contributed by atoms with van der Waals surface area (Å²) < 4.78 is 10.2. The van der Waals surface area contributed by atoms with Gasteiger partial charge in [0.15, 0.2) is 34.3 Å². The van der Waals surface area contributed by atoms with Crippen molar-refractivity contribution in [2.75, 3.05) is 12.0 Å². The van der Waals surface area contributed by atoms with Gasteiger partial charge in [-0.1, -0.05) is 6.07 Å². The van der Waals surface area contributed by atoms with Crippen molar-refractivity contribution in [3.05, 3.63) is 63.7 Å². The van der Waals surface area contributed by atoms with Crippen LogP contribution in [0.5, 0.6) is 5.75 Å². The van der Waals surface area contributed by atoms with Crippen molar-refractivity contribution in [2.24, 2.45) is 0 Å². The minimum atomic E-state index is -1.12. The molecule has 31 heavy (non-hydrogen) atoms. The van der Waals surface area contributed by atoms with Gasteiger partial charge in [0.1, 0.15) is 5.97 Å². The van der Waals surface area contributed by atoms with E-state index in [1.807, 2.05) is 30.3 Å². The number of aliphatic carboxylic acids is 1. The molecule has 1 aromatic carbocycles. The molecule has 0 spiro atoms. The SMILES string of the molecule is O=C([O-])C[n+]1cc(OCNc2cccc(-n3c(=S)[nH][nH]c3=S)c2)cc2c1C[CH]CC2.[K+]. The van der Waals surface area contributed by atoms with E-state index in [2.05, 4.69) is 21.9 Å². The van der Waals surface area contributed by atoms with Gasteiger partial charge in [0.05, 0.1) is 5.69 Å². The molecular weight excluding hydrogens is 461 g/mol. The fraction of sp³-hybridized carbons (Fsp3) is 0.250. The molecule has 0 bridgehead atoms. The van der Waals surface area contributed by atoms with Crippen LogP contribution in [0.3, 0.4) is 0 Å². The van der Waals surface area contributed by atoms with Crippen LogP contribution < -0.4 is 71.1 Å². The van der Waals surface area contributed by atoms with Gasteiger partial charge in [-0.15, -0.1) is 0 Å². The number of carbonyl (C=O) groups excluding carboxylic acids is 1. The maximum absolute atomic E-state index is 11.1. The first kappa shape index (κ1) is 24.3. The summed E-state index contributed by atoms with van der Waals surface area (Å²) in [7, 11) is 0. The fourth-order valence-corrected chi connectivity index (χ4v) is 4.08. The number of anilines is 1. The number of nitrogens with one attached hydrogen (secondary N) is 3. The Balaban J connectivity index is 0.00000272. The van der Waals surface area contributed by atoms with E-state index in [9.17, 15) is 9.90 Å². The maximum Gasteiger partial charge on any atom is 1.00 e. The number of aryl methyl sites for hydroxylation is 1. The Morgan fingerprint density at radius 2 is 2.03 bits per heavy atom. The van der Waals surface area contributed by atoms with E-state index in [0.717, 1.165) is 41.9 Å². The molecule has 2 heterocycles.